The molecule has 1 aromatic rings. The molecular weight excluding hydrogens is 368 g/mol. The monoisotopic (exact) mass is 394 g/mol. The van der Waals surface area contributed by atoms with E-state index in [4.69, 9.17) is 28.4 Å². The van der Waals surface area contributed by atoms with Crippen molar-refractivity contribution in [2.24, 2.45) is 0 Å². The molecule has 0 saturated carbocycles. The summed E-state index contributed by atoms with van der Waals surface area (Å²) in [6, 6.07) is 9.55. The molecule has 0 radical (unpaired) electrons. The van der Waals surface area contributed by atoms with E-state index in [1.807, 2.05) is 30.3 Å². The van der Waals surface area contributed by atoms with Crippen LogP contribution in [0.4, 0.5) is 0 Å². The third-order valence-electron chi connectivity index (χ3n) is 4.44. The SMILES string of the molecule is CC(=O)OCC1OC(OCc2ccccc2)C(OC(C)=O)C2OC(C)(C)OC12. The van der Waals surface area contributed by atoms with Crippen molar-refractivity contribution in [2.45, 2.75) is 70.8 Å². The van der Waals surface area contributed by atoms with Crippen molar-refractivity contribution in [3.63, 3.8) is 0 Å². The molecule has 8 heteroatoms. The minimum absolute atomic E-state index is 0.0199. The van der Waals surface area contributed by atoms with Gasteiger partial charge in [-0.05, 0) is 19.4 Å². The highest BCUT2D eigenvalue weighted by molar-refractivity contribution is 5.66. The number of carbonyl (C=O) groups is 2. The van der Waals surface area contributed by atoms with Gasteiger partial charge < -0.3 is 28.4 Å². The number of ether oxygens (including phenoxy) is 6. The third-order valence-corrected chi connectivity index (χ3v) is 4.44. The lowest BCUT2D eigenvalue weighted by Gasteiger charge is -2.41. The van der Waals surface area contributed by atoms with Gasteiger partial charge in [-0.1, -0.05) is 30.3 Å². The fourth-order valence-corrected chi connectivity index (χ4v) is 3.38. The summed E-state index contributed by atoms with van der Waals surface area (Å²) in [5, 5.41) is 0. The molecule has 0 bridgehead atoms. The Labute approximate surface area is 164 Å². The van der Waals surface area contributed by atoms with Crippen molar-refractivity contribution in [3.8, 4) is 0 Å². The second-order valence-electron chi connectivity index (χ2n) is 7.28. The van der Waals surface area contributed by atoms with Crippen LogP contribution in [0.2, 0.25) is 0 Å². The fraction of sp³-hybridized carbons (Fsp3) is 0.600. The quantitative estimate of drug-likeness (QED) is 0.677. The molecule has 5 atom stereocenters. The summed E-state index contributed by atoms with van der Waals surface area (Å²) >= 11 is 0. The average Bonchev–Trinajstić information content (AvgIpc) is 2.95. The van der Waals surface area contributed by atoms with Gasteiger partial charge in [0.1, 0.15) is 24.9 Å². The average molecular weight is 394 g/mol. The highest BCUT2D eigenvalue weighted by atomic mass is 16.8. The number of fused-ring (bicyclic) bond motifs is 1. The Hall–Kier alpha value is -2.00. The predicted molar refractivity (Wildman–Crippen MR) is 95.9 cm³/mol. The second-order valence-corrected chi connectivity index (χ2v) is 7.28. The molecule has 0 spiro atoms. The smallest absolute Gasteiger partial charge is 0.303 e. The number of benzene rings is 1. The molecule has 0 amide bonds. The van der Waals surface area contributed by atoms with E-state index in [2.05, 4.69) is 0 Å². The molecule has 3 rings (SSSR count). The van der Waals surface area contributed by atoms with Crippen molar-refractivity contribution in [1.82, 2.24) is 0 Å². The van der Waals surface area contributed by atoms with E-state index in [-0.39, 0.29) is 13.2 Å². The molecule has 0 N–H and O–H groups in total. The van der Waals surface area contributed by atoms with Crippen molar-refractivity contribution >= 4 is 11.9 Å². The molecule has 1 aromatic carbocycles. The number of rotatable bonds is 6. The molecule has 8 nitrogen and oxygen atoms in total. The van der Waals surface area contributed by atoms with Crippen LogP contribution in [0.25, 0.3) is 0 Å². The van der Waals surface area contributed by atoms with Crippen LogP contribution in [-0.2, 0) is 44.6 Å². The highest BCUT2D eigenvalue weighted by Gasteiger charge is 2.57. The van der Waals surface area contributed by atoms with E-state index >= 15 is 0 Å². The van der Waals surface area contributed by atoms with Crippen LogP contribution in [0.5, 0.6) is 0 Å². The van der Waals surface area contributed by atoms with Gasteiger partial charge in [-0.25, -0.2) is 0 Å². The summed E-state index contributed by atoms with van der Waals surface area (Å²) in [4.78, 5) is 22.9. The van der Waals surface area contributed by atoms with Crippen molar-refractivity contribution in [1.29, 1.82) is 0 Å². The number of carbonyl (C=O) groups excluding carboxylic acids is 2. The summed E-state index contributed by atoms with van der Waals surface area (Å²) < 4.78 is 34.4. The summed E-state index contributed by atoms with van der Waals surface area (Å²) in [6.45, 7) is 6.40. The van der Waals surface area contributed by atoms with Crippen LogP contribution < -0.4 is 0 Å². The minimum atomic E-state index is -0.903. The molecule has 0 aromatic heterocycles. The van der Waals surface area contributed by atoms with Crippen LogP contribution in [0.1, 0.15) is 33.3 Å². The summed E-state index contributed by atoms with van der Waals surface area (Å²) in [5.74, 6) is -1.81. The van der Waals surface area contributed by atoms with Crippen LogP contribution in [0.3, 0.4) is 0 Å². The molecule has 5 unspecified atom stereocenters. The van der Waals surface area contributed by atoms with E-state index < -0.39 is 48.4 Å². The van der Waals surface area contributed by atoms with Gasteiger partial charge in [0.05, 0.1) is 6.61 Å². The molecular formula is C20H26O8. The van der Waals surface area contributed by atoms with E-state index in [0.717, 1.165) is 5.56 Å². The van der Waals surface area contributed by atoms with Gasteiger partial charge in [-0.15, -0.1) is 0 Å². The number of hydrogen-bond donors (Lipinski definition) is 0. The second kappa shape index (κ2) is 8.57. The van der Waals surface area contributed by atoms with E-state index in [0.29, 0.717) is 0 Å². The van der Waals surface area contributed by atoms with Gasteiger partial charge in [0.2, 0.25) is 0 Å². The van der Waals surface area contributed by atoms with Crippen LogP contribution in [0.15, 0.2) is 30.3 Å². The first-order valence-corrected chi connectivity index (χ1v) is 9.22. The summed E-state index contributed by atoms with van der Waals surface area (Å²) in [7, 11) is 0. The van der Waals surface area contributed by atoms with E-state index in [9.17, 15) is 9.59 Å². The first kappa shape index (κ1) is 20.7. The molecule has 154 valence electrons. The Bertz CT molecular complexity index is 689. The lowest BCUT2D eigenvalue weighted by Crippen LogP contribution is -2.59. The molecule has 2 aliphatic heterocycles. The zero-order valence-corrected chi connectivity index (χ0v) is 16.5. The summed E-state index contributed by atoms with van der Waals surface area (Å²) in [5.41, 5.74) is 0.940. The topological polar surface area (TPSA) is 89.5 Å². The molecule has 2 fully saturated rings. The van der Waals surface area contributed by atoms with Crippen molar-refractivity contribution in [2.75, 3.05) is 6.61 Å². The van der Waals surface area contributed by atoms with Crippen molar-refractivity contribution in [3.05, 3.63) is 35.9 Å². The Morgan fingerprint density at radius 3 is 2.36 bits per heavy atom. The van der Waals surface area contributed by atoms with Gasteiger partial charge in [-0.3, -0.25) is 9.59 Å². The first-order chi connectivity index (χ1) is 13.2. The highest BCUT2D eigenvalue weighted by Crippen LogP contribution is 2.39. The van der Waals surface area contributed by atoms with Gasteiger partial charge in [0.15, 0.2) is 18.2 Å². The van der Waals surface area contributed by atoms with Gasteiger partial charge in [0.25, 0.3) is 0 Å². The first-order valence-electron chi connectivity index (χ1n) is 9.22. The lowest BCUT2D eigenvalue weighted by atomic mass is 9.99. The van der Waals surface area contributed by atoms with Crippen LogP contribution in [0, 0.1) is 0 Å². The minimum Gasteiger partial charge on any atom is -0.463 e. The lowest BCUT2D eigenvalue weighted by molar-refractivity contribution is -0.290. The zero-order chi connectivity index (χ0) is 20.3. The summed E-state index contributed by atoms with van der Waals surface area (Å²) in [6.07, 6.45) is -3.53. The molecule has 2 saturated heterocycles. The molecule has 2 heterocycles. The van der Waals surface area contributed by atoms with E-state index in [1.54, 1.807) is 13.8 Å². The maximum absolute atomic E-state index is 11.7. The van der Waals surface area contributed by atoms with Crippen LogP contribution in [-0.4, -0.2) is 55.0 Å². The molecule has 2 aliphatic rings. The Morgan fingerprint density at radius 1 is 1.04 bits per heavy atom. The third kappa shape index (κ3) is 5.08. The standard InChI is InChI=1S/C20H26O8/c1-12(21)23-11-15-16-17(28-20(3,4)27-16)18(25-13(2)22)19(26-15)24-10-14-8-6-5-7-9-14/h5-9,15-19H,10-11H2,1-4H3. The maximum atomic E-state index is 11.7. The zero-order valence-electron chi connectivity index (χ0n) is 16.5. The Kier molecular flexibility index (Phi) is 6.34. The molecule has 0 aliphatic carbocycles. The number of esters is 2. The largest absolute Gasteiger partial charge is 0.463 e. The fourth-order valence-electron chi connectivity index (χ4n) is 3.38. The van der Waals surface area contributed by atoms with Gasteiger partial charge >= 0.3 is 11.9 Å². The Morgan fingerprint density at radius 2 is 1.71 bits per heavy atom. The van der Waals surface area contributed by atoms with E-state index in [1.165, 1.54) is 13.8 Å². The predicted octanol–water partition coefficient (Wildman–Crippen LogP) is 1.94. The van der Waals surface area contributed by atoms with Crippen LogP contribution >= 0.6 is 0 Å². The van der Waals surface area contributed by atoms with Crippen molar-refractivity contribution < 1.29 is 38.0 Å². The van der Waals surface area contributed by atoms with Gasteiger partial charge in [0, 0.05) is 13.8 Å². The number of hydrogen-bond acceptors (Lipinski definition) is 8. The Balaban J connectivity index is 1.80. The molecule has 28 heavy (non-hydrogen) atoms. The maximum Gasteiger partial charge on any atom is 0.303 e. The van der Waals surface area contributed by atoms with Gasteiger partial charge in [-0.2, -0.15) is 0 Å². The normalized spacial score (nSPS) is 31.1.